The zero-order valence-electron chi connectivity index (χ0n) is 36.3. The van der Waals surface area contributed by atoms with Crippen LogP contribution in [0.1, 0.15) is 71.3 Å². The van der Waals surface area contributed by atoms with Gasteiger partial charge in [-0.15, -0.1) is 0 Å². The summed E-state index contributed by atoms with van der Waals surface area (Å²) in [6, 6.07) is -3.47. The first-order valence-electron chi connectivity index (χ1n) is 21.0. The van der Waals surface area contributed by atoms with E-state index >= 15 is 0 Å². The SMILES string of the molecule is CC[C@H](C)[C@@H]1NC(=O)[C@H](Cc2ccc(O)cc2)NC(=O)CCSSC[C@@H](C(=O)N2CCC[C@H]2C(=O)N[C@@H](C)C(=O)NCC(N)=O)NC(=O)[C@H](CC(N)=O)NC(=O)[C@H](CCC(N)=O)NC1=O. The molecule has 0 saturated carbocycles. The second-order valence-electron chi connectivity index (χ2n) is 15.7. The highest BCUT2D eigenvalue weighted by atomic mass is 33.1. The average molecular weight is 950 g/mol. The summed E-state index contributed by atoms with van der Waals surface area (Å²) in [5, 5.41) is 27.5. The molecule has 25 heteroatoms. The molecule has 3 rings (SSSR count). The molecule has 2 fully saturated rings. The van der Waals surface area contributed by atoms with E-state index < -0.39 is 133 Å². The molecule has 1 aromatic rings. The molecule has 2 saturated heterocycles. The first kappa shape index (κ1) is 53.2. The maximum Gasteiger partial charge on any atom is 0.246 e. The Hall–Kier alpha value is -6.11. The minimum atomic E-state index is -1.72. The number of nitrogens with one attached hydrogen (secondary N) is 7. The molecule has 8 atom stereocenters. The molecule has 358 valence electrons. The number of nitrogens with zero attached hydrogens (tertiary/aromatic N) is 1. The van der Waals surface area contributed by atoms with Gasteiger partial charge in [-0.05, 0) is 49.8 Å². The Morgan fingerprint density at radius 1 is 0.815 bits per heavy atom. The molecule has 0 aliphatic carbocycles. The van der Waals surface area contributed by atoms with Crippen LogP contribution in [-0.2, 0) is 59.2 Å². The number of primary amides is 3. The molecular formula is C40H59N11O12S2. The van der Waals surface area contributed by atoms with Crippen LogP contribution in [0.5, 0.6) is 5.75 Å². The highest BCUT2D eigenvalue weighted by Gasteiger charge is 2.40. The summed E-state index contributed by atoms with van der Waals surface area (Å²) in [5.41, 5.74) is 16.5. The Balaban J connectivity index is 2.00. The average Bonchev–Trinajstić information content (AvgIpc) is 3.75. The molecule has 0 bridgehead atoms. The molecule has 2 heterocycles. The van der Waals surface area contributed by atoms with Crippen LogP contribution >= 0.6 is 21.6 Å². The van der Waals surface area contributed by atoms with Crippen LogP contribution in [0.3, 0.4) is 0 Å². The van der Waals surface area contributed by atoms with Gasteiger partial charge >= 0.3 is 0 Å². The van der Waals surface area contributed by atoms with Gasteiger partial charge in [0.25, 0.3) is 0 Å². The van der Waals surface area contributed by atoms with E-state index in [4.69, 9.17) is 17.2 Å². The summed E-state index contributed by atoms with van der Waals surface area (Å²) >= 11 is 0. The lowest BCUT2D eigenvalue weighted by Gasteiger charge is -2.31. The molecule has 11 amide bonds. The fourth-order valence-electron chi connectivity index (χ4n) is 6.76. The molecular weight excluding hydrogens is 891 g/mol. The number of carbonyl (C=O) groups is 11. The van der Waals surface area contributed by atoms with Crippen LogP contribution in [0.4, 0.5) is 0 Å². The van der Waals surface area contributed by atoms with E-state index in [1.807, 2.05) is 0 Å². The predicted octanol–water partition coefficient (Wildman–Crippen LogP) is -3.57. The van der Waals surface area contributed by atoms with Gasteiger partial charge in [0.2, 0.25) is 65.0 Å². The van der Waals surface area contributed by atoms with Crippen LogP contribution < -0.4 is 54.4 Å². The van der Waals surface area contributed by atoms with Crippen molar-refractivity contribution >= 4 is 86.6 Å². The van der Waals surface area contributed by atoms with Crippen LogP contribution in [-0.4, -0.2) is 142 Å². The summed E-state index contributed by atoms with van der Waals surface area (Å²) in [7, 11) is 2.23. The van der Waals surface area contributed by atoms with Gasteiger partial charge in [0.05, 0.1) is 13.0 Å². The lowest BCUT2D eigenvalue weighted by molar-refractivity contribution is -0.142. The van der Waals surface area contributed by atoms with E-state index in [1.165, 1.54) is 24.0 Å². The van der Waals surface area contributed by atoms with E-state index in [2.05, 4.69) is 37.2 Å². The highest BCUT2D eigenvalue weighted by Crippen LogP contribution is 2.26. The normalized spacial score (nSPS) is 23.8. The van der Waals surface area contributed by atoms with Gasteiger partial charge in [-0.25, -0.2) is 0 Å². The fraction of sp³-hybridized carbons (Fsp3) is 0.575. The van der Waals surface area contributed by atoms with Crippen molar-refractivity contribution in [2.24, 2.45) is 23.1 Å². The number of phenols is 1. The van der Waals surface area contributed by atoms with Gasteiger partial charge < -0.3 is 64.4 Å². The van der Waals surface area contributed by atoms with Gasteiger partial charge in [-0.2, -0.15) is 0 Å². The monoisotopic (exact) mass is 949 g/mol. The fourth-order valence-corrected chi connectivity index (χ4v) is 8.91. The smallest absolute Gasteiger partial charge is 0.246 e. The molecule has 0 aromatic heterocycles. The van der Waals surface area contributed by atoms with Gasteiger partial charge in [0, 0.05) is 37.3 Å². The summed E-state index contributed by atoms with van der Waals surface area (Å²) in [6.45, 7) is 4.39. The summed E-state index contributed by atoms with van der Waals surface area (Å²) in [4.78, 5) is 146. The molecule has 0 radical (unpaired) electrons. The number of aromatic hydroxyl groups is 1. The van der Waals surface area contributed by atoms with Crippen molar-refractivity contribution < 1.29 is 57.8 Å². The number of benzene rings is 1. The second kappa shape index (κ2) is 26.0. The molecule has 23 nitrogen and oxygen atoms in total. The number of nitrogens with two attached hydrogens (primary N) is 3. The lowest BCUT2D eigenvalue weighted by Crippen LogP contribution is -2.61. The van der Waals surface area contributed by atoms with Crippen LogP contribution in [0.25, 0.3) is 0 Å². The maximum atomic E-state index is 14.3. The third kappa shape index (κ3) is 17.4. The lowest BCUT2D eigenvalue weighted by atomic mass is 9.96. The largest absolute Gasteiger partial charge is 0.508 e. The first-order chi connectivity index (χ1) is 30.7. The third-order valence-corrected chi connectivity index (χ3v) is 13.0. The van der Waals surface area contributed by atoms with E-state index in [0.717, 1.165) is 21.6 Å². The molecule has 0 spiro atoms. The summed E-state index contributed by atoms with van der Waals surface area (Å²) < 4.78 is 0. The van der Waals surface area contributed by atoms with Crippen LogP contribution in [0.2, 0.25) is 0 Å². The predicted molar refractivity (Wildman–Crippen MR) is 237 cm³/mol. The quantitative estimate of drug-likeness (QED) is 0.0759. The van der Waals surface area contributed by atoms with Gasteiger partial charge in [0.15, 0.2) is 0 Å². The van der Waals surface area contributed by atoms with E-state index in [0.29, 0.717) is 18.4 Å². The third-order valence-electron chi connectivity index (χ3n) is 10.5. The van der Waals surface area contributed by atoms with Crippen molar-refractivity contribution in [1.29, 1.82) is 0 Å². The van der Waals surface area contributed by atoms with Crippen LogP contribution in [0.15, 0.2) is 24.3 Å². The van der Waals surface area contributed by atoms with Crippen molar-refractivity contribution in [3.63, 3.8) is 0 Å². The number of phenolic OH excluding ortho intramolecular Hbond substituents is 1. The minimum Gasteiger partial charge on any atom is -0.508 e. The number of rotatable bonds is 15. The van der Waals surface area contributed by atoms with Gasteiger partial charge in [0.1, 0.15) is 48.0 Å². The zero-order chi connectivity index (χ0) is 48.4. The highest BCUT2D eigenvalue weighted by molar-refractivity contribution is 8.76. The molecule has 65 heavy (non-hydrogen) atoms. The number of hydrogen-bond donors (Lipinski definition) is 11. The maximum absolute atomic E-state index is 14.3. The topological polar surface area (TPSA) is 374 Å². The Morgan fingerprint density at radius 2 is 1.46 bits per heavy atom. The molecule has 2 aliphatic rings. The second-order valence-corrected chi connectivity index (χ2v) is 18.3. The minimum absolute atomic E-state index is 0.0260. The van der Waals surface area contributed by atoms with Crippen LogP contribution in [0, 0.1) is 5.92 Å². The van der Waals surface area contributed by atoms with Crippen molar-refractivity contribution in [2.75, 3.05) is 24.6 Å². The number of amides is 11. The Morgan fingerprint density at radius 3 is 2.09 bits per heavy atom. The molecule has 1 aromatic carbocycles. The zero-order valence-corrected chi connectivity index (χ0v) is 38.0. The molecule has 2 aliphatic heterocycles. The summed E-state index contributed by atoms with van der Waals surface area (Å²) in [5.74, 6) is -9.62. The van der Waals surface area contributed by atoms with Crippen molar-refractivity contribution in [3.8, 4) is 5.75 Å². The van der Waals surface area contributed by atoms with E-state index in [9.17, 15) is 57.8 Å². The summed E-state index contributed by atoms with van der Waals surface area (Å²) in [6.07, 6.45) is -0.816. The van der Waals surface area contributed by atoms with Gasteiger partial charge in [-0.3, -0.25) is 52.7 Å². The number of hydrogen-bond acceptors (Lipinski definition) is 14. The molecule has 0 unspecified atom stereocenters. The number of carbonyl (C=O) groups excluding carboxylic acids is 11. The molecule has 14 N–H and O–H groups in total. The Bertz CT molecular complexity index is 1940. The van der Waals surface area contributed by atoms with Crippen molar-refractivity contribution in [1.82, 2.24) is 42.1 Å². The van der Waals surface area contributed by atoms with E-state index in [1.54, 1.807) is 26.0 Å². The Kier molecular flexibility index (Phi) is 21.3. The van der Waals surface area contributed by atoms with Crippen molar-refractivity contribution in [2.45, 2.75) is 114 Å². The Labute approximate surface area is 383 Å². The first-order valence-corrected chi connectivity index (χ1v) is 23.5. The van der Waals surface area contributed by atoms with E-state index in [-0.39, 0.29) is 49.5 Å². The number of likely N-dealkylation sites (tertiary alicyclic amines) is 1. The standard InChI is InChI=1S/C40H59N11O12S2/c1-4-20(2)33-39(62)47-24(11-12-29(41)53)35(58)48-26(17-30(42)54)36(59)49-27(40(63)51-14-5-6-28(51)38(61)45-21(3)34(57)44-18-31(43)55)19-65-64-15-13-32(56)46-25(37(60)50-33)16-22-7-9-23(52)10-8-22/h7-10,20-21,24-28,33,52H,4-6,11-19H2,1-3H3,(H2,41,53)(H2,42,54)(H2,43,55)(H,44,57)(H,45,61)(H,46,56)(H,47,62)(H,48,58)(H,49,59)(H,50,60)/t20-,21-,24-,25-,26-,27-,28-,33-/m0/s1. The van der Waals surface area contributed by atoms with Gasteiger partial charge in [-0.1, -0.05) is 54.0 Å². The van der Waals surface area contributed by atoms with Crippen molar-refractivity contribution in [3.05, 3.63) is 29.8 Å².